The van der Waals surface area contributed by atoms with Crippen LogP contribution >= 0.6 is 23.2 Å². The summed E-state index contributed by atoms with van der Waals surface area (Å²) in [6.45, 7) is 0. The Bertz CT molecular complexity index is 1200. The van der Waals surface area contributed by atoms with E-state index in [-0.39, 0.29) is 50.5 Å². The summed E-state index contributed by atoms with van der Waals surface area (Å²) in [5.74, 6) is -1.17. The molecule has 2 aromatic carbocycles. The van der Waals surface area contributed by atoms with Crippen LogP contribution in [0.25, 0.3) is 10.9 Å². The first-order valence-electron chi connectivity index (χ1n) is 10.3. The maximum Gasteiger partial charge on any atom is 0.352 e. The first-order chi connectivity index (χ1) is 15.3. The third kappa shape index (κ3) is 4.23. The molecule has 3 aromatic rings. The van der Waals surface area contributed by atoms with Crippen LogP contribution in [0.15, 0.2) is 30.3 Å². The monoisotopic (exact) mass is 476 g/mol. The largest absolute Gasteiger partial charge is 0.507 e. The predicted octanol–water partition coefficient (Wildman–Crippen LogP) is 6.08. The summed E-state index contributed by atoms with van der Waals surface area (Å²) in [7, 11) is 1.75. The topological polar surface area (TPSA) is 103 Å². The summed E-state index contributed by atoms with van der Waals surface area (Å²) >= 11 is 12.8. The lowest BCUT2D eigenvalue weighted by Gasteiger charge is -2.31. The maximum absolute atomic E-state index is 13.0. The van der Waals surface area contributed by atoms with Crippen molar-refractivity contribution in [2.45, 2.75) is 38.1 Å². The highest BCUT2D eigenvalue weighted by Gasteiger charge is 2.25. The van der Waals surface area contributed by atoms with Gasteiger partial charge in [-0.05, 0) is 43.2 Å². The average molecular weight is 477 g/mol. The van der Waals surface area contributed by atoms with Crippen molar-refractivity contribution in [1.29, 1.82) is 0 Å². The molecular formula is C23H22Cl2N2O5. The molecule has 0 bridgehead atoms. The molecule has 1 aliphatic carbocycles. The van der Waals surface area contributed by atoms with Crippen LogP contribution in [0.5, 0.6) is 17.2 Å². The van der Waals surface area contributed by atoms with Crippen LogP contribution in [0, 0.1) is 0 Å². The molecule has 1 amide bonds. The number of carboxylic acid groups (broad SMARTS) is 1. The summed E-state index contributed by atoms with van der Waals surface area (Å²) in [5, 5.41) is 20.3. The van der Waals surface area contributed by atoms with Gasteiger partial charge >= 0.3 is 5.97 Å². The zero-order valence-corrected chi connectivity index (χ0v) is 18.8. The third-order valence-corrected chi connectivity index (χ3v) is 6.52. The number of nitrogens with zero attached hydrogens (tertiary/aromatic N) is 1. The molecule has 0 atom stereocenters. The number of carboxylic acids is 1. The predicted molar refractivity (Wildman–Crippen MR) is 122 cm³/mol. The number of hydrogen-bond donors (Lipinski definition) is 3. The highest BCUT2D eigenvalue weighted by molar-refractivity contribution is 6.41. The highest BCUT2D eigenvalue weighted by Crippen LogP contribution is 2.42. The van der Waals surface area contributed by atoms with Crippen molar-refractivity contribution in [3.05, 3.63) is 51.6 Å². The van der Waals surface area contributed by atoms with Gasteiger partial charge in [-0.2, -0.15) is 0 Å². The smallest absolute Gasteiger partial charge is 0.352 e. The number of hydrogen-bond acceptors (Lipinski definition) is 4. The number of amides is 1. The number of rotatable bonds is 5. The van der Waals surface area contributed by atoms with Crippen LogP contribution in [-0.4, -0.2) is 45.1 Å². The molecular weight excluding hydrogens is 455 g/mol. The standard InChI is InChI=1S/C23H22Cl2N2O5/c1-27(12-5-3-2-4-6-12)22(29)15-9-13(7-8-19(15)28)32-21-16(24)11-17-14(20(21)25)10-18(26-17)23(30)31/h7-12,26,28H,2-6H2,1H3,(H,30,31). The Morgan fingerprint density at radius 2 is 1.84 bits per heavy atom. The Balaban J connectivity index is 1.65. The van der Waals surface area contributed by atoms with Gasteiger partial charge in [-0.25, -0.2) is 4.79 Å². The van der Waals surface area contributed by atoms with Crippen LogP contribution in [-0.2, 0) is 0 Å². The normalized spacial score (nSPS) is 14.5. The number of phenolic OH excluding ortho intramolecular Hbond substituents is 1. The van der Waals surface area contributed by atoms with Crippen LogP contribution < -0.4 is 4.74 Å². The van der Waals surface area contributed by atoms with Crippen molar-refractivity contribution < 1.29 is 24.5 Å². The number of aromatic carboxylic acids is 1. The number of H-pyrrole nitrogens is 1. The first kappa shape index (κ1) is 22.3. The van der Waals surface area contributed by atoms with Gasteiger partial charge in [0.25, 0.3) is 5.91 Å². The van der Waals surface area contributed by atoms with Crippen LogP contribution in [0.1, 0.15) is 53.0 Å². The molecule has 0 saturated heterocycles. The second kappa shape index (κ2) is 8.92. The SMILES string of the molecule is CN(C(=O)c1cc(Oc2c(Cl)cc3[nH]c(C(=O)O)cc3c2Cl)ccc1O)C1CCCCC1. The number of carbonyl (C=O) groups excluding carboxylic acids is 1. The molecule has 3 N–H and O–H groups in total. The summed E-state index contributed by atoms with van der Waals surface area (Å²) in [4.78, 5) is 28.7. The number of halogens is 2. The van der Waals surface area contributed by atoms with Crippen molar-refractivity contribution in [2.75, 3.05) is 7.05 Å². The molecule has 4 rings (SSSR count). The molecule has 9 heteroatoms. The van der Waals surface area contributed by atoms with E-state index in [0.29, 0.717) is 10.9 Å². The molecule has 1 fully saturated rings. The molecule has 0 aliphatic heterocycles. The number of aromatic hydroxyl groups is 1. The first-order valence-corrected chi connectivity index (χ1v) is 11.0. The lowest BCUT2D eigenvalue weighted by atomic mass is 9.94. The van der Waals surface area contributed by atoms with Gasteiger partial charge in [0, 0.05) is 24.0 Å². The highest BCUT2D eigenvalue weighted by atomic mass is 35.5. The molecule has 1 saturated carbocycles. The van der Waals surface area contributed by atoms with Gasteiger partial charge in [0.1, 0.15) is 17.2 Å². The molecule has 7 nitrogen and oxygen atoms in total. The minimum absolute atomic E-state index is 0.0293. The van der Waals surface area contributed by atoms with Gasteiger partial charge in [0.05, 0.1) is 15.6 Å². The second-order valence-corrected chi connectivity index (χ2v) is 8.72. The maximum atomic E-state index is 13.0. The number of nitrogens with one attached hydrogen (secondary N) is 1. The lowest BCUT2D eigenvalue weighted by Crippen LogP contribution is -2.38. The zero-order chi connectivity index (χ0) is 23.0. The summed E-state index contributed by atoms with van der Waals surface area (Å²) < 4.78 is 5.88. The molecule has 1 aromatic heterocycles. The van der Waals surface area contributed by atoms with Crippen molar-refractivity contribution in [3.8, 4) is 17.2 Å². The molecule has 32 heavy (non-hydrogen) atoms. The number of carbonyl (C=O) groups is 2. The fourth-order valence-corrected chi connectivity index (χ4v) is 4.67. The van der Waals surface area contributed by atoms with E-state index in [1.165, 1.54) is 36.8 Å². The van der Waals surface area contributed by atoms with Crippen molar-refractivity contribution in [2.24, 2.45) is 0 Å². The van der Waals surface area contributed by atoms with Gasteiger partial charge in [-0.3, -0.25) is 4.79 Å². The number of aromatic nitrogens is 1. The zero-order valence-electron chi connectivity index (χ0n) is 17.3. The van der Waals surface area contributed by atoms with E-state index < -0.39 is 5.97 Å². The number of fused-ring (bicyclic) bond motifs is 1. The Labute approximate surface area is 194 Å². The summed E-state index contributed by atoms with van der Waals surface area (Å²) in [5.41, 5.74) is 0.553. The van der Waals surface area contributed by atoms with E-state index in [1.54, 1.807) is 11.9 Å². The van der Waals surface area contributed by atoms with Crippen molar-refractivity contribution in [1.82, 2.24) is 9.88 Å². The van der Waals surface area contributed by atoms with Gasteiger partial charge in [-0.15, -0.1) is 0 Å². The van der Waals surface area contributed by atoms with E-state index >= 15 is 0 Å². The van der Waals surface area contributed by atoms with Gasteiger partial charge in [-0.1, -0.05) is 42.5 Å². The van der Waals surface area contributed by atoms with Crippen molar-refractivity contribution >= 4 is 46.0 Å². The summed E-state index contributed by atoms with van der Waals surface area (Å²) in [6.07, 6.45) is 5.23. The molecule has 1 aliphatic rings. The van der Waals surface area contributed by atoms with Gasteiger partial charge in [0.2, 0.25) is 0 Å². The minimum Gasteiger partial charge on any atom is -0.507 e. The number of phenols is 1. The van der Waals surface area contributed by atoms with Crippen LogP contribution in [0.4, 0.5) is 0 Å². The molecule has 1 heterocycles. The Hall–Kier alpha value is -2.90. The summed E-state index contributed by atoms with van der Waals surface area (Å²) in [6, 6.07) is 7.40. The molecule has 0 unspecified atom stereocenters. The average Bonchev–Trinajstić information content (AvgIpc) is 3.22. The van der Waals surface area contributed by atoms with E-state index in [2.05, 4.69) is 4.98 Å². The Morgan fingerprint density at radius 3 is 2.53 bits per heavy atom. The van der Waals surface area contributed by atoms with E-state index in [9.17, 15) is 19.8 Å². The Morgan fingerprint density at radius 1 is 1.12 bits per heavy atom. The van der Waals surface area contributed by atoms with Crippen LogP contribution in [0.3, 0.4) is 0 Å². The molecule has 0 radical (unpaired) electrons. The third-order valence-electron chi connectivity index (χ3n) is 5.86. The fraction of sp³-hybridized carbons (Fsp3) is 0.304. The number of benzene rings is 2. The van der Waals surface area contributed by atoms with E-state index in [1.807, 2.05) is 0 Å². The quantitative estimate of drug-likeness (QED) is 0.414. The second-order valence-electron chi connectivity index (χ2n) is 7.94. The van der Waals surface area contributed by atoms with Crippen molar-refractivity contribution in [3.63, 3.8) is 0 Å². The van der Waals surface area contributed by atoms with Gasteiger partial charge < -0.3 is 24.8 Å². The molecule has 168 valence electrons. The number of aromatic amines is 1. The fourth-order valence-electron chi connectivity index (χ4n) is 4.09. The van der Waals surface area contributed by atoms with Crippen LogP contribution in [0.2, 0.25) is 10.0 Å². The number of ether oxygens (including phenoxy) is 1. The van der Waals surface area contributed by atoms with E-state index in [0.717, 1.165) is 25.7 Å². The van der Waals surface area contributed by atoms with E-state index in [4.69, 9.17) is 27.9 Å². The minimum atomic E-state index is -1.13. The van der Waals surface area contributed by atoms with Gasteiger partial charge in [0.15, 0.2) is 5.75 Å². The lowest BCUT2D eigenvalue weighted by molar-refractivity contribution is 0.0683. The Kier molecular flexibility index (Phi) is 6.22. The molecule has 0 spiro atoms.